The zero-order valence-corrected chi connectivity index (χ0v) is 9.96. The molecule has 0 aliphatic rings. The molecular formula is C13H15FO3. The van der Waals surface area contributed by atoms with Crippen LogP contribution in [0, 0.1) is 12.7 Å². The van der Waals surface area contributed by atoms with E-state index in [1.54, 1.807) is 6.07 Å². The highest BCUT2D eigenvalue weighted by Gasteiger charge is 2.10. The molecule has 0 aromatic heterocycles. The average molecular weight is 238 g/mol. The minimum atomic E-state index is -0.408. The number of aryl methyl sites for hydroxylation is 1. The molecule has 0 saturated heterocycles. The third-order valence-corrected chi connectivity index (χ3v) is 2.53. The predicted molar refractivity (Wildman–Crippen MR) is 61.1 cm³/mol. The summed E-state index contributed by atoms with van der Waals surface area (Å²) in [5, 5.41) is 0. The number of benzene rings is 1. The van der Waals surface area contributed by atoms with Gasteiger partial charge < -0.3 is 4.74 Å². The number of carbonyl (C=O) groups excluding carboxylic acids is 2. The normalized spacial score (nSPS) is 10.1. The molecule has 0 unspecified atom stereocenters. The summed E-state index contributed by atoms with van der Waals surface area (Å²) in [5.41, 5.74) is 1.54. The standard InChI is InChI=1S/C13H15FO3/c1-9-3-4-11(14)7-10(9)8-12(15)5-6-13(16)17-2/h3-4,7H,5-6,8H2,1-2H3. The minimum Gasteiger partial charge on any atom is -0.469 e. The Morgan fingerprint density at radius 3 is 2.65 bits per heavy atom. The Hall–Kier alpha value is -1.71. The smallest absolute Gasteiger partial charge is 0.305 e. The molecule has 1 aromatic rings. The predicted octanol–water partition coefficient (Wildman–Crippen LogP) is 2.20. The second kappa shape index (κ2) is 6.13. The number of methoxy groups -OCH3 is 1. The molecule has 4 heteroatoms. The van der Waals surface area contributed by atoms with Crippen LogP contribution in [0.3, 0.4) is 0 Å². The van der Waals surface area contributed by atoms with Gasteiger partial charge in [0, 0.05) is 12.8 Å². The second-order valence-electron chi connectivity index (χ2n) is 3.86. The number of hydrogen-bond acceptors (Lipinski definition) is 3. The van der Waals surface area contributed by atoms with Crippen LogP contribution in [0.4, 0.5) is 4.39 Å². The zero-order valence-electron chi connectivity index (χ0n) is 9.96. The Bertz CT molecular complexity index is 427. The van der Waals surface area contributed by atoms with Crippen LogP contribution in [0.1, 0.15) is 24.0 Å². The van der Waals surface area contributed by atoms with Crippen LogP contribution in [0.5, 0.6) is 0 Å². The van der Waals surface area contributed by atoms with Crippen LogP contribution in [-0.4, -0.2) is 18.9 Å². The molecular weight excluding hydrogens is 223 g/mol. The van der Waals surface area contributed by atoms with Crippen molar-refractivity contribution < 1.29 is 18.7 Å². The van der Waals surface area contributed by atoms with E-state index in [9.17, 15) is 14.0 Å². The summed E-state index contributed by atoms with van der Waals surface area (Å²) in [6.45, 7) is 1.82. The van der Waals surface area contributed by atoms with Crippen molar-refractivity contribution in [3.63, 3.8) is 0 Å². The monoisotopic (exact) mass is 238 g/mol. The van der Waals surface area contributed by atoms with Gasteiger partial charge in [-0.1, -0.05) is 6.07 Å². The molecule has 0 saturated carbocycles. The van der Waals surface area contributed by atoms with Gasteiger partial charge in [0.2, 0.25) is 0 Å². The molecule has 0 amide bonds. The highest BCUT2D eigenvalue weighted by Crippen LogP contribution is 2.12. The number of carbonyl (C=O) groups is 2. The molecule has 0 fully saturated rings. The van der Waals surface area contributed by atoms with Crippen molar-refractivity contribution in [2.75, 3.05) is 7.11 Å². The van der Waals surface area contributed by atoms with E-state index in [1.165, 1.54) is 19.2 Å². The van der Waals surface area contributed by atoms with Crippen molar-refractivity contribution in [3.8, 4) is 0 Å². The molecule has 17 heavy (non-hydrogen) atoms. The van der Waals surface area contributed by atoms with Crippen LogP contribution in [0.15, 0.2) is 18.2 Å². The molecule has 0 aliphatic carbocycles. The lowest BCUT2D eigenvalue weighted by Crippen LogP contribution is -2.08. The fourth-order valence-corrected chi connectivity index (χ4v) is 1.47. The number of halogens is 1. The number of ether oxygens (including phenoxy) is 1. The Kier molecular flexibility index (Phi) is 4.82. The van der Waals surface area contributed by atoms with Gasteiger partial charge in [0.1, 0.15) is 11.6 Å². The highest BCUT2D eigenvalue weighted by atomic mass is 19.1. The van der Waals surface area contributed by atoms with Crippen LogP contribution in [0.25, 0.3) is 0 Å². The van der Waals surface area contributed by atoms with Crippen molar-refractivity contribution in [2.24, 2.45) is 0 Å². The lowest BCUT2D eigenvalue weighted by molar-refractivity contribution is -0.141. The van der Waals surface area contributed by atoms with Gasteiger partial charge in [-0.3, -0.25) is 9.59 Å². The van der Waals surface area contributed by atoms with E-state index in [2.05, 4.69) is 4.74 Å². The maximum atomic E-state index is 13.0. The van der Waals surface area contributed by atoms with Crippen molar-refractivity contribution in [2.45, 2.75) is 26.2 Å². The lowest BCUT2D eigenvalue weighted by atomic mass is 10.0. The molecule has 0 bridgehead atoms. The van der Waals surface area contributed by atoms with Gasteiger partial charge in [0.05, 0.1) is 13.5 Å². The minimum absolute atomic E-state index is 0.0731. The molecule has 3 nitrogen and oxygen atoms in total. The Labute approximate surface area is 99.6 Å². The van der Waals surface area contributed by atoms with E-state index in [0.29, 0.717) is 5.56 Å². The van der Waals surface area contributed by atoms with Gasteiger partial charge in [-0.15, -0.1) is 0 Å². The van der Waals surface area contributed by atoms with Gasteiger partial charge in [-0.05, 0) is 30.2 Å². The molecule has 0 radical (unpaired) electrons. The van der Waals surface area contributed by atoms with Gasteiger partial charge in [0.15, 0.2) is 0 Å². The largest absolute Gasteiger partial charge is 0.469 e. The van der Waals surface area contributed by atoms with Gasteiger partial charge in [0.25, 0.3) is 0 Å². The highest BCUT2D eigenvalue weighted by molar-refractivity contribution is 5.84. The maximum absolute atomic E-state index is 13.0. The zero-order chi connectivity index (χ0) is 12.8. The lowest BCUT2D eigenvalue weighted by Gasteiger charge is -2.05. The Morgan fingerprint density at radius 1 is 1.29 bits per heavy atom. The number of esters is 1. The Balaban J connectivity index is 2.56. The van der Waals surface area contributed by atoms with Crippen molar-refractivity contribution in [3.05, 3.63) is 35.1 Å². The van der Waals surface area contributed by atoms with E-state index in [1.807, 2.05) is 6.92 Å². The summed E-state index contributed by atoms with van der Waals surface area (Å²) < 4.78 is 17.4. The van der Waals surface area contributed by atoms with Crippen molar-refractivity contribution in [1.29, 1.82) is 0 Å². The Morgan fingerprint density at radius 2 is 2.00 bits per heavy atom. The van der Waals surface area contributed by atoms with Crippen LogP contribution in [-0.2, 0) is 20.7 Å². The molecule has 0 spiro atoms. The topological polar surface area (TPSA) is 43.4 Å². The van der Waals surface area contributed by atoms with Gasteiger partial charge in [-0.25, -0.2) is 4.39 Å². The quantitative estimate of drug-likeness (QED) is 0.738. The summed E-state index contributed by atoms with van der Waals surface area (Å²) in [7, 11) is 1.28. The van der Waals surface area contributed by atoms with Crippen molar-refractivity contribution >= 4 is 11.8 Å². The van der Waals surface area contributed by atoms with E-state index in [4.69, 9.17) is 0 Å². The first-order valence-electron chi connectivity index (χ1n) is 5.36. The van der Waals surface area contributed by atoms with Crippen LogP contribution in [0.2, 0.25) is 0 Å². The first-order valence-corrected chi connectivity index (χ1v) is 5.36. The van der Waals surface area contributed by atoms with E-state index < -0.39 is 5.97 Å². The molecule has 1 aromatic carbocycles. The summed E-state index contributed by atoms with van der Waals surface area (Å²) in [4.78, 5) is 22.4. The number of hydrogen-bond donors (Lipinski definition) is 0. The average Bonchev–Trinajstić information content (AvgIpc) is 2.30. The molecule has 0 atom stereocenters. The molecule has 0 heterocycles. The SMILES string of the molecule is COC(=O)CCC(=O)Cc1cc(F)ccc1C. The van der Waals surface area contributed by atoms with E-state index in [0.717, 1.165) is 5.56 Å². The number of Topliss-reactive ketones (excluding diaryl/α,β-unsaturated/α-hetero) is 1. The van der Waals surface area contributed by atoms with E-state index in [-0.39, 0.29) is 30.9 Å². The number of rotatable bonds is 5. The first-order chi connectivity index (χ1) is 8.02. The maximum Gasteiger partial charge on any atom is 0.305 e. The van der Waals surface area contributed by atoms with E-state index >= 15 is 0 Å². The summed E-state index contributed by atoms with van der Waals surface area (Å²) in [6, 6.07) is 4.35. The fourth-order valence-electron chi connectivity index (χ4n) is 1.47. The summed E-state index contributed by atoms with van der Waals surface area (Å²) >= 11 is 0. The van der Waals surface area contributed by atoms with Gasteiger partial charge in [-0.2, -0.15) is 0 Å². The van der Waals surface area contributed by atoms with Crippen LogP contribution < -0.4 is 0 Å². The molecule has 92 valence electrons. The van der Waals surface area contributed by atoms with Crippen molar-refractivity contribution in [1.82, 2.24) is 0 Å². The van der Waals surface area contributed by atoms with Gasteiger partial charge >= 0.3 is 5.97 Å². The molecule has 1 rings (SSSR count). The summed E-state index contributed by atoms with van der Waals surface area (Å²) in [5.74, 6) is -0.857. The third kappa shape index (κ3) is 4.34. The molecule has 0 aliphatic heterocycles. The third-order valence-electron chi connectivity index (χ3n) is 2.53. The molecule has 0 N–H and O–H groups in total. The fraction of sp³-hybridized carbons (Fsp3) is 0.385. The first kappa shape index (κ1) is 13.4. The second-order valence-corrected chi connectivity index (χ2v) is 3.86. The summed E-state index contributed by atoms with van der Waals surface area (Å²) in [6.07, 6.45) is 0.354. The van der Waals surface area contributed by atoms with Crippen LogP contribution >= 0.6 is 0 Å². The number of ketones is 1.